The summed E-state index contributed by atoms with van der Waals surface area (Å²) in [7, 11) is -3.05. The van der Waals surface area contributed by atoms with E-state index in [4.69, 9.17) is 0 Å². The third-order valence-corrected chi connectivity index (χ3v) is 4.13. The van der Waals surface area contributed by atoms with Crippen molar-refractivity contribution < 1.29 is 12.8 Å². The molecule has 15 heavy (non-hydrogen) atoms. The second-order valence-corrected chi connectivity index (χ2v) is 6.72. The molecule has 0 aliphatic heterocycles. The fourth-order valence-electron chi connectivity index (χ4n) is 1.41. The zero-order valence-electron chi connectivity index (χ0n) is 8.03. The first-order valence-electron chi connectivity index (χ1n) is 4.30. The summed E-state index contributed by atoms with van der Waals surface area (Å²) in [6.07, 6.45) is 1.17. The lowest BCUT2D eigenvalue weighted by Crippen LogP contribution is -1.98. The van der Waals surface area contributed by atoms with Crippen LogP contribution in [0.4, 0.5) is 4.39 Å². The number of hydrogen-bond acceptors (Lipinski definition) is 3. The van der Waals surface area contributed by atoms with E-state index in [-0.39, 0.29) is 11.6 Å². The Morgan fingerprint density at radius 1 is 1.40 bits per heavy atom. The molecule has 0 spiro atoms. The van der Waals surface area contributed by atoms with Gasteiger partial charge < -0.3 is 0 Å². The van der Waals surface area contributed by atoms with Gasteiger partial charge in [-0.1, -0.05) is 12.1 Å². The van der Waals surface area contributed by atoms with Crippen LogP contribution in [0.2, 0.25) is 0 Å². The van der Waals surface area contributed by atoms with Crippen molar-refractivity contribution in [2.75, 3.05) is 6.26 Å². The standard InChI is InChI=1S/C10H9FO2S2/c1-15(12,13)6-8-5-7-3-2-4-9(11)10(7)14-8/h2-5H,6H2,1H3. The van der Waals surface area contributed by atoms with Crippen LogP contribution in [0.1, 0.15) is 4.88 Å². The van der Waals surface area contributed by atoms with Crippen LogP contribution in [0, 0.1) is 5.82 Å². The summed E-state index contributed by atoms with van der Waals surface area (Å²) < 4.78 is 36.0. The van der Waals surface area contributed by atoms with E-state index in [9.17, 15) is 12.8 Å². The molecule has 0 bridgehead atoms. The Hall–Kier alpha value is -0.940. The topological polar surface area (TPSA) is 34.1 Å². The zero-order chi connectivity index (χ0) is 11.1. The van der Waals surface area contributed by atoms with E-state index in [1.165, 1.54) is 23.7 Å². The van der Waals surface area contributed by atoms with Gasteiger partial charge in [-0.3, -0.25) is 0 Å². The molecule has 0 aliphatic carbocycles. The molecule has 1 aromatic carbocycles. The predicted octanol–water partition coefficient (Wildman–Crippen LogP) is 2.59. The van der Waals surface area contributed by atoms with Crippen molar-refractivity contribution in [1.82, 2.24) is 0 Å². The van der Waals surface area contributed by atoms with E-state index in [2.05, 4.69) is 0 Å². The van der Waals surface area contributed by atoms with E-state index in [0.717, 1.165) is 5.39 Å². The molecule has 0 N–H and O–H groups in total. The fourth-order valence-corrected chi connectivity index (χ4v) is 3.75. The van der Waals surface area contributed by atoms with Gasteiger partial charge in [0.05, 0.1) is 10.5 Å². The van der Waals surface area contributed by atoms with Crippen LogP contribution in [-0.2, 0) is 15.6 Å². The average Bonchev–Trinajstić information content (AvgIpc) is 2.45. The average molecular weight is 244 g/mol. The van der Waals surface area contributed by atoms with E-state index in [0.29, 0.717) is 9.58 Å². The molecule has 0 atom stereocenters. The summed E-state index contributed by atoms with van der Waals surface area (Å²) in [6.45, 7) is 0. The minimum atomic E-state index is -3.05. The van der Waals surface area contributed by atoms with E-state index in [1.807, 2.05) is 0 Å². The van der Waals surface area contributed by atoms with E-state index >= 15 is 0 Å². The largest absolute Gasteiger partial charge is 0.229 e. The SMILES string of the molecule is CS(=O)(=O)Cc1cc2cccc(F)c2s1. The van der Waals surface area contributed by atoms with Crippen LogP contribution < -0.4 is 0 Å². The molecule has 1 aromatic heterocycles. The van der Waals surface area contributed by atoms with Gasteiger partial charge in [0, 0.05) is 11.1 Å². The van der Waals surface area contributed by atoms with Crippen molar-refractivity contribution >= 4 is 31.3 Å². The van der Waals surface area contributed by atoms with Gasteiger partial charge in [-0.15, -0.1) is 11.3 Å². The Morgan fingerprint density at radius 2 is 2.13 bits per heavy atom. The molecule has 0 saturated heterocycles. The van der Waals surface area contributed by atoms with Crippen LogP contribution in [0.3, 0.4) is 0 Å². The molecule has 0 saturated carbocycles. The maximum Gasteiger partial charge on any atom is 0.152 e. The van der Waals surface area contributed by atoms with Gasteiger partial charge in [0.1, 0.15) is 5.82 Å². The molecule has 2 nitrogen and oxygen atoms in total. The first kappa shape index (κ1) is 10.6. The number of fused-ring (bicyclic) bond motifs is 1. The van der Waals surface area contributed by atoms with Gasteiger partial charge in [0.25, 0.3) is 0 Å². The first-order chi connectivity index (χ1) is 6.96. The number of halogens is 1. The number of benzene rings is 1. The monoisotopic (exact) mass is 244 g/mol. The molecule has 80 valence electrons. The number of thiophene rings is 1. The van der Waals surface area contributed by atoms with Crippen LogP contribution in [-0.4, -0.2) is 14.7 Å². The second kappa shape index (κ2) is 3.57. The van der Waals surface area contributed by atoms with E-state index < -0.39 is 9.84 Å². The lowest BCUT2D eigenvalue weighted by atomic mass is 10.2. The number of hydrogen-bond donors (Lipinski definition) is 0. The Labute approximate surface area is 91.3 Å². The van der Waals surface area contributed by atoms with Crippen LogP contribution >= 0.6 is 11.3 Å². The molecular formula is C10H9FO2S2. The summed E-state index contributed by atoms with van der Waals surface area (Å²) in [5, 5.41) is 0.763. The Balaban J connectivity index is 2.53. The van der Waals surface area contributed by atoms with Gasteiger partial charge in [0.2, 0.25) is 0 Å². The lowest BCUT2D eigenvalue weighted by Gasteiger charge is -1.91. The smallest absolute Gasteiger partial charge is 0.152 e. The molecule has 5 heteroatoms. The fraction of sp³-hybridized carbons (Fsp3) is 0.200. The molecule has 1 heterocycles. The Kier molecular flexibility index (Phi) is 2.52. The molecule has 0 radical (unpaired) electrons. The maximum absolute atomic E-state index is 13.3. The van der Waals surface area contributed by atoms with Crippen molar-refractivity contribution in [1.29, 1.82) is 0 Å². The molecule has 0 aliphatic rings. The Morgan fingerprint density at radius 3 is 2.73 bits per heavy atom. The van der Waals surface area contributed by atoms with Crippen molar-refractivity contribution in [2.24, 2.45) is 0 Å². The molecular weight excluding hydrogens is 235 g/mol. The summed E-state index contributed by atoms with van der Waals surface area (Å²) in [6, 6.07) is 6.50. The van der Waals surface area contributed by atoms with Gasteiger partial charge in [-0.05, 0) is 17.5 Å². The lowest BCUT2D eigenvalue weighted by molar-refractivity contribution is 0.601. The highest BCUT2D eigenvalue weighted by molar-refractivity contribution is 7.90. The zero-order valence-corrected chi connectivity index (χ0v) is 9.66. The maximum atomic E-state index is 13.3. The third-order valence-electron chi connectivity index (χ3n) is 1.95. The number of rotatable bonds is 2. The highest BCUT2D eigenvalue weighted by Gasteiger charge is 2.10. The highest BCUT2D eigenvalue weighted by Crippen LogP contribution is 2.28. The highest BCUT2D eigenvalue weighted by atomic mass is 32.2. The summed E-state index contributed by atoms with van der Waals surface area (Å²) >= 11 is 1.20. The molecule has 0 fully saturated rings. The van der Waals surface area contributed by atoms with Crippen LogP contribution in [0.15, 0.2) is 24.3 Å². The predicted molar refractivity (Wildman–Crippen MR) is 60.3 cm³/mol. The van der Waals surface area contributed by atoms with Crippen molar-refractivity contribution in [2.45, 2.75) is 5.75 Å². The van der Waals surface area contributed by atoms with Crippen molar-refractivity contribution in [3.8, 4) is 0 Å². The summed E-state index contributed by atoms with van der Waals surface area (Å²) in [5.74, 6) is -0.316. The van der Waals surface area contributed by atoms with Gasteiger partial charge in [0.15, 0.2) is 9.84 Å². The minimum Gasteiger partial charge on any atom is -0.229 e. The molecule has 0 amide bonds. The third kappa shape index (κ3) is 2.35. The quantitative estimate of drug-likeness (QED) is 0.813. The van der Waals surface area contributed by atoms with Crippen molar-refractivity contribution in [3.05, 3.63) is 35.0 Å². The second-order valence-electron chi connectivity index (χ2n) is 3.44. The van der Waals surface area contributed by atoms with Gasteiger partial charge >= 0.3 is 0 Å². The van der Waals surface area contributed by atoms with Crippen molar-refractivity contribution in [3.63, 3.8) is 0 Å². The normalized spacial score (nSPS) is 12.1. The van der Waals surface area contributed by atoms with Gasteiger partial charge in [-0.2, -0.15) is 0 Å². The van der Waals surface area contributed by atoms with Gasteiger partial charge in [-0.25, -0.2) is 12.8 Å². The number of sulfone groups is 1. The Bertz CT molecular complexity index is 599. The summed E-state index contributed by atoms with van der Waals surface area (Å²) in [5.41, 5.74) is 0. The first-order valence-corrected chi connectivity index (χ1v) is 7.18. The molecule has 0 unspecified atom stereocenters. The summed E-state index contributed by atoms with van der Waals surface area (Å²) in [4.78, 5) is 0.678. The molecule has 2 rings (SSSR count). The molecule has 2 aromatic rings. The van der Waals surface area contributed by atoms with E-state index in [1.54, 1.807) is 18.2 Å². The van der Waals surface area contributed by atoms with Crippen LogP contribution in [0.5, 0.6) is 0 Å². The minimum absolute atomic E-state index is 0.0220. The van der Waals surface area contributed by atoms with Crippen LogP contribution in [0.25, 0.3) is 10.1 Å².